The highest BCUT2D eigenvalue weighted by Crippen LogP contribution is 1.97. The number of carbonyl (C=O) groups excluding carboxylic acids is 1. The highest BCUT2D eigenvalue weighted by molar-refractivity contribution is 7.89. The largest absolute Gasteiger partial charge is 0.351 e. The van der Waals surface area contributed by atoms with Gasteiger partial charge < -0.3 is 5.32 Å². The van der Waals surface area contributed by atoms with Gasteiger partial charge in [0.2, 0.25) is 10.0 Å². The molecule has 0 aromatic heterocycles. The number of nitrogens with one attached hydrogen (secondary N) is 2. The molecule has 0 unspecified atom stereocenters. The van der Waals surface area contributed by atoms with Crippen LogP contribution in [0.3, 0.4) is 0 Å². The van der Waals surface area contributed by atoms with Gasteiger partial charge in [-0.2, -0.15) is 0 Å². The molecule has 0 aliphatic rings. The fourth-order valence-corrected chi connectivity index (χ4v) is 2.44. The summed E-state index contributed by atoms with van der Waals surface area (Å²) in [5, 5.41) is 2.59. The van der Waals surface area contributed by atoms with Crippen molar-refractivity contribution in [2.24, 2.45) is 0 Å². The first-order valence-electron chi connectivity index (χ1n) is 6.36. The molecule has 1 aromatic carbocycles. The van der Waals surface area contributed by atoms with Crippen molar-refractivity contribution >= 4 is 15.9 Å². The molecule has 5 nitrogen and oxygen atoms in total. The summed E-state index contributed by atoms with van der Waals surface area (Å²) in [5.41, 5.74) is 0.527. The van der Waals surface area contributed by atoms with Crippen molar-refractivity contribution in [3.8, 4) is 0 Å². The average molecular weight is 284 g/mol. The van der Waals surface area contributed by atoms with Crippen LogP contribution in [0.5, 0.6) is 0 Å². The number of amides is 1. The third-order valence-corrected chi connectivity index (χ3v) is 3.93. The number of sulfonamides is 1. The summed E-state index contributed by atoms with van der Waals surface area (Å²) in [6, 6.07) is 8.71. The zero-order chi connectivity index (χ0) is 14.1. The Labute approximate surface area is 114 Å². The van der Waals surface area contributed by atoms with Gasteiger partial charge >= 0.3 is 0 Å². The molecule has 106 valence electrons. The van der Waals surface area contributed by atoms with E-state index in [0.29, 0.717) is 12.1 Å². The molecule has 0 bridgehead atoms. The van der Waals surface area contributed by atoms with Crippen molar-refractivity contribution in [3.05, 3.63) is 35.9 Å². The summed E-state index contributed by atoms with van der Waals surface area (Å²) in [6.45, 7) is 2.55. The van der Waals surface area contributed by atoms with Gasteiger partial charge in [-0.25, -0.2) is 13.1 Å². The molecule has 1 amide bonds. The Hall–Kier alpha value is -1.40. The molecule has 0 aliphatic carbocycles. The normalized spacial score (nSPS) is 11.2. The van der Waals surface area contributed by atoms with Gasteiger partial charge in [0.25, 0.3) is 5.91 Å². The molecule has 1 aromatic rings. The Balaban J connectivity index is 2.32. The van der Waals surface area contributed by atoms with Crippen LogP contribution in [0.15, 0.2) is 30.3 Å². The maximum absolute atomic E-state index is 11.7. The van der Waals surface area contributed by atoms with Crippen molar-refractivity contribution in [1.82, 2.24) is 10.0 Å². The van der Waals surface area contributed by atoms with Gasteiger partial charge in [0, 0.05) is 18.7 Å². The lowest BCUT2D eigenvalue weighted by Gasteiger charge is -2.07. The zero-order valence-electron chi connectivity index (χ0n) is 11.1. The zero-order valence-corrected chi connectivity index (χ0v) is 11.9. The van der Waals surface area contributed by atoms with Crippen LogP contribution >= 0.6 is 0 Å². The van der Waals surface area contributed by atoms with E-state index in [-0.39, 0.29) is 18.2 Å². The second-order valence-corrected chi connectivity index (χ2v) is 6.12. The van der Waals surface area contributed by atoms with E-state index in [1.54, 1.807) is 24.3 Å². The molecule has 19 heavy (non-hydrogen) atoms. The SMILES string of the molecule is CCCCNS(=O)(=O)CCNC(=O)c1ccccc1. The van der Waals surface area contributed by atoms with Gasteiger partial charge in [-0.15, -0.1) is 0 Å². The van der Waals surface area contributed by atoms with Gasteiger partial charge in [-0.3, -0.25) is 4.79 Å². The summed E-state index contributed by atoms with van der Waals surface area (Å²) in [6.07, 6.45) is 1.75. The molecule has 0 fully saturated rings. The van der Waals surface area contributed by atoms with Crippen LogP contribution in [0.4, 0.5) is 0 Å². The Kier molecular flexibility index (Phi) is 6.52. The quantitative estimate of drug-likeness (QED) is 0.703. The molecule has 0 radical (unpaired) electrons. The highest BCUT2D eigenvalue weighted by Gasteiger charge is 2.10. The number of hydrogen-bond donors (Lipinski definition) is 2. The van der Waals surface area contributed by atoms with Crippen LogP contribution in [0, 0.1) is 0 Å². The van der Waals surface area contributed by atoms with Crippen molar-refractivity contribution in [2.75, 3.05) is 18.8 Å². The van der Waals surface area contributed by atoms with E-state index in [4.69, 9.17) is 0 Å². The maximum Gasteiger partial charge on any atom is 0.251 e. The second-order valence-electron chi connectivity index (χ2n) is 4.19. The Morgan fingerprint density at radius 3 is 2.47 bits per heavy atom. The van der Waals surface area contributed by atoms with Crippen molar-refractivity contribution in [2.45, 2.75) is 19.8 Å². The molecule has 0 spiro atoms. The summed E-state index contributed by atoms with van der Waals surface area (Å²) >= 11 is 0. The Morgan fingerprint density at radius 1 is 1.16 bits per heavy atom. The molecule has 0 saturated carbocycles. The average Bonchev–Trinajstić information content (AvgIpc) is 2.39. The minimum Gasteiger partial charge on any atom is -0.351 e. The summed E-state index contributed by atoms with van der Waals surface area (Å²) in [5.74, 6) is -0.362. The van der Waals surface area contributed by atoms with E-state index in [1.807, 2.05) is 13.0 Å². The van der Waals surface area contributed by atoms with Crippen LogP contribution in [0.25, 0.3) is 0 Å². The van der Waals surface area contributed by atoms with Gasteiger partial charge in [0.1, 0.15) is 0 Å². The van der Waals surface area contributed by atoms with Crippen LogP contribution in [0.2, 0.25) is 0 Å². The molecule has 0 atom stereocenters. The third kappa shape index (κ3) is 6.35. The van der Waals surface area contributed by atoms with Crippen molar-refractivity contribution in [1.29, 1.82) is 0 Å². The fraction of sp³-hybridized carbons (Fsp3) is 0.462. The lowest BCUT2D eigenvalue weighted by atomic mass is 10.2. The number of benzene rings is 1. The first-order chi connectivity index (χ1) is 9.05. The highest BCUT2D eigenvalue weighted by atomic mass is 32.2. The predicted octanol–water partition coefficient (Wildman–Crippen LogP) is 1.14. The van der Waals surface area contributed by atoms with E-state index >= 15 is 0 Å². The second kappa shape index (κ2) is 7.91. The molecule has 2 N–H and O–H groups in total. The van der Waals surface area contributed by atoms with E-state index in [1.165, 1.54) is 0 Å². The third-order valence-electron chi connectivity index (χ3n) is 2.54. The van der Waals surface area contributed by atoms with Crippen molar-refractivity contribution in [3.63, 3.8) is 0 Å². The van der Waals surface area contributed by atoms with Gasteiger partial charge in [-0.1, -0.05) is 31.5 Å². The minimum atomic E-state index is -3.30. The van der Waals surface area contributed by atoms with Crippen LogP contribution in [0.1, 0.15) is 30.1 Å². The monoisotopic (exact) mass is 284 g/mol. The summed E-state index contributed by atoms with van der Waals surface area (Å²) in [7, 11) is -3.30. The van der Waals surface area contributed by atoms with Crippen LogP contribution in [-0.4, -0.2) is 33.2 Å². The lowest BCUT2D eigenvalue weighted by Crippen LogP contribution is -2.34. The Morgan fingerprint density at radius 2 is 1.84 bits per heavy atom. The summed E-state index contributed by atoms with van der Waals surface area (Å²) in [4.78, 5) is 11.7. The maximum atomic E-state index is 11.7. The fourth-order valence-electron chi connectivity index (χ4n) is 1.47. The summed E-state index contributed by atoms with van der Waals surface area (Å²) < 4.78 is 25.6. The minimum absolute atomic E-state index is 0.102. The molecule has 0 heterocycles. The van der Waals surface area contributed by atoms with Gasteiger partial charge in [0.15, 0.2) is 0 Å². The Bertz CT molecular complexity index is 486. The lowest BCUT2D eigenvalue weighted by molar-refractivity contribution is 0.0956. The van der Waals surface area contributed by atoms with Crippen LogP contribution in [-0.2, 0) is 10.0 Å². The number of carbonyl (C=O) groups is 1. The van der Waals surface area contributed by atoms with E-state index in [9.17, 15) is 13.2 Å². The standard InChI is InChI=1S/C13H20N2O3S/c1-2-3-9-15-19(17,18)11-10-14-13(16)12-7-5-4-6-8-12/h4-8,15H,2-3,9-11H2,1H3,(H,14,16). The van der Waals surface area contributed by atoms with Gasteiger partial charge in [-0.05, 0) is 18.6 Å². The van der Waals surface area contributed by atoms with E-state index in [2.05, 4.69) is 10.0 Å². The molecular formula is C13H20N2O3S. The molecule has 0 saturated heterocycles. The first-order valence-corrected chi connectivity index (χ1v) is 8.01. The topological polar surface area (TPSA) is 75.3 Å². The number of hydrogen-bond acceptors (Lipinski definition) is 3. The van der Waals surface area contributed by atoms with Crippen LogP contribution < -0.4 is 10.0 Å². The van der Waals surface area contributed by atoms with Crippen molar-refractivity contribution < 1.29 is 13.2 Å². The smallest absolute Gasteiger partial charge is 0.251 e. The first kappa shape index (κ1) is 15.7. The number of unbranched alkanes of at least 4 members (excludes halogenated alkanes) is 1. The van der Waals surface area contributed by atoms with E-state index < -0.39 is 10.0 Å². The van der Waals surface area contributed by atoms with Gasteiger partial charge in [0.05, 0.1) is 5.75 Å². The van der Waals surface area contributed by atoms with E-state index in [0.717, 1.165) is 12.8 Å². The molecule has 6 heteroatoms. The number of rotatable bonds is 8. The molecule has 0 aliphatic heterocycles. The molecular weight excluding hydrogens is 264 g/mol. The molecule has 1 rings (SSSR count). The predicted molar refractivity (Wildman–Crippen MR) is 75.5 cm³/mol.